The van der Waals surface area contributed by atoms with Crippen molar-refractivity contribution in [2.75, 3.05) is 23.3 Å². The van der Waals surface area contributed by atoms with E-state index in [1.165, 1.54) is 0 Å². The predicted molar refractivity (Wildman–Crippen MR) is 89.8 cm³/mol. The summed E-state index contributed by atoms with van der Waals surface area (Å²) < 4.78 is 0. The molecule has 0 unspecified atom stereocenters. The molecule has 0 aliphatic carbocycles. The molecule has 1 saturated heterocycles. The summed E-state index contributed by atoms with van der Waals surface area (Å²) in [7, 11) is 0. The van der Waals surface area contributed by atoms with E-state index in [2.05, 4.69) is 15.2 Å². The van der Waals surface area contributed by atoms with E-state index in [9.17, 15) is 4.79 Å². The molecule has 1 aromatic heterocycles. The number of carbonyl (C=O) groups is 1. The first-order valence-electron chi connectivity index (χ1n) is 7.43. The van der Waals surface area contributed by atoms with Gasteiger partial charge < -0.3 is 10.2 Å². The maximum atomic E-state index is 12.6. The van der Waals surface area contributed by atoms with E-state index >= 15 is 0 Å². The average molecular weight is 316 g/mol. The van der Waals surface area contributed by atoms with Gasteiger partial charge >= 0.3 is 0 Å². The maximum Gasteiger partial charge on any atom is 0.259 e. The Kier molecular flexibility index (Phi) is 4.29. The zero-order valence-corrected chi connectivity index (χ0v) is 13.2. The van der Waals surface area contributed by atoms with Gasteiger partial charge in [0, 0.05) is 30.0 Å². The van der Waals surface area contributed by atoms with Crippen LogP contribution in [0.1, 0.15) is 28.8 Å². The molecular weight excluding hydrogens is 298 g/mol. The summed E-state index contributed by atoms with van der Waals surface area (Å²) in [6.45, 7) is 3.80. The van der Waals surface area contributed by atoms with E-state index in [1.54, 1.807) is 12.3 Å². The summed E-state index contributed by atoms with van der Waals surface area (Å²) in [5.41, 5.74) is 2.20. The van der Waals surface area contributed by atoms with E-state index in [1.807, 2.05) is 31.2 Å². The third-order valence-electron chi connectivity index (χ3n) is 3.95. The molecule has 0 saturated carbocycles. The Balaban J connectivity index is 1.88. The standard InChI is InChI=1S/C17H18ClN3O/c1-12-14(18)7-4-8-15(12)20-17(22)13-6-5-9-19-16(13)21-10-2-3-11-21/h4-9H,2-3,10-11H2,1H3,(H,20,22). The SMILES string of the molecule is Cc1c(Cl)cccc1NC(=O)c1cccnc1N1CCCC1. The van der Waals surface area contributed by atoms with Crippen molar-refractivity contribution in [1.82, 2.24) is 4.98 Å². The number of hydrogen-bond donors (Lipinski definition) is 1. The number of benzene rings is 1. The highest BCUT2D eigenvalue weighted by atomic mass is 35.5. The fourth-order valence-corrected chi connectivity index (χ4v) is 2.86. The lowest BCUT2D eigenvalue weighted by atomic mass is 10.1. The molecule has 1 amide bonds. The third-order valence-corrected chi connectivity index (χ3v) is 4.36. The molecule has 4 nitrogen and oxygen atoms in total. The molecule has 114 valence electrons. The second-order valence-electron chi connectivity index (χ2n) is 5.44. The van der Waals surface area contributed by atoms with Gasteiger partial charge in [0.2, 0.25) is 0 Å². The Bertz CT molecular complexity index is 696. The molecule has 0 bridgehead atoms. The highest BCUT2D eigenvalue weighted by molar-refractivity contribution is 6.31. The van der Waals surface area contributed by atoms with Crippen molar-refractivity contribution in [2.24, 2.45) is 0 Å². The topological polar surface area (TPSA) is 45.2 Å². The number of nitrogens with one attached hydrogen (secondary N) is 1. The summed E-state index contributed by atoms with van der Waals surface area (Å²) in [4.78, 5) is 19.2. The van der Waals surface area contributed by atoms with Crippen molar-refractivity contribution < 1.29 is 4.79 Å². The molecule has 1 aliphatic heterocycles. The Morgan fingerprint density at radius 2 is 2.00 bits per heavy atom. The monoisotopic (exact) mass is 315 g/mol. The van der Waals surface area contributed by atoms with Crippen LogP contribution in [0.4, 0.5) is 11.5 Å². The zero-order chi connectivity index (χ0) is 15.5. The van der Waals surface area contributed by atoms with Gasteiger partial charge in [-0.15, -0.1) is 0 Å². The summed E-state index contributed by atoms with van der Waals surface area (Å²) in [5, 5.41) is 3.58. The van der Waals surface area contributed by atoms with Crippen LogP contribution in [0.25, 0.3) is 0 Å². The average Bonchev–Trinajstić information content (AvgIpc) is 3.06. The van der Waals surface area contributed by atoms with E-state index in [4.69, 9.17) is 11.6 Å². The van der Waals surface area contributed by atoms with Crippen LogP contribution in [-0.2, 0) is 0 Å². The fourth-order valence-electron chi connectivity index (χ4n) is 2.69. The second kappa shape index (κ2) is 6.36. The predicted octanol–water partition coefficient (Wildman–Crippen LogP) is 3.90. The number of pyridine rings is 1. The molecule has 5 heteroatoms. The third kappa shape index (κ3) is 2.92. The number of anilines is 2. The lowest BCUT2D eigenvalue weighted by Gasteiger charge is -2.19. The number of hydrogen-bond acceptors (Lipinski definition) is 3. The normalized spacial score (nSPS) is 14.2. The second-order valence-corrected chi connectivity index (χ2v) is 5.84. The number of carbonyl (C=O) groups excluding carboxylic acids is 1. The van der Waals surface area contributed by atoms with E-state index in [0.29, 0.717) is 10.6 Å². The van der Waals surface area contributed by atoms with Crippen molar-refractivity contribution in [3.63, 3.8) is 0 Å². The van der Waals surface area contributed by atoms with Gasteiger partial charge in [-0.3, -0.25) is 4.79 Å². The van der Waals surface area contributed by atoms with Gasteiger partial charge in [0.05, 0.1) is 5.56 Å². The van der Waals surface area contributed by atoms with Gasteiger partial charge in [-0.25, -0.2) is 4.98 Å². The quantitative estimate of drug-likeness (QED) is 0.934. The largest absolute Gasteiger partial charge is 0.356 e. The molecule has 0 atom stereocenters. The minimum Gasteiger partial charge on any atom is -0.356 e. The van der Waals surface area contributed by atoms with Crippen LogP contribution in [0.3, 0.4) is 0 Å². The highest BCUT2D eigenvalue weighted by Crippen LogP contribution is 2.26. The number of nitrogens with zero attached hydrogens (tertiary/aromatic N) is 2. The molecular formula is C17H18ClN3O. The van der Waals surface area contributed by atoms with Crippen LogP contribution < -0.4 is 10.2 Å². The molecule has 2 aromatic rings. The number of rotatable bonds is 3. The molecule has 1 N–H and O–H groups in total. The Morgan fingerprint density at radius 3 is 2.77 bits per heavy atom. The Morgan fingerprint density at radius 1 is 1.23 bits per heavy atom. The molecule has 1 aliphatic rings. The van der Waals surface area contributed by atoms with Gasteiger partial charge in [0.1, 0.15) is 5.82 Å². The molecule has 22 heavy (non-hydrogen) atoms. The number of aromatic nitrogens is 1. The van der Waals surface area contributed by atoms with Gasteiger partial charge in [-0.2, -0.15) is 0 Å². The van der Waals surface area contributed by atoms with Gasteiger partial charge in [0.15, 0.2) is 0 Å². The molecule has 1 aromatic carbocycles. The van der Waals surface area contributed by atoms with E-state index < -0.39 is 0 Å². The summed E-state index contributed by atoms with van der Waals surface area (Å²) in [6.07, 6.45) is 4.02. The summed E-state index contributed by atoms with van der Waals surface area (Å²) >= 11 is 6.11. The summed E-state index contributed by atoms with van der Waals surface area (Å²) in [5.74, 6) is 0.609. The van der Waals surface area contributed by atoms with Crippen LogP contribution in [0.2, 0.25) is 5.02 Å². The molecule has 0 spiro atoms. The van der Waals surface area contributed by atoms with Crippen LogP contribution in [-0.4, -0.2) is 24.0 Å². The lowest BCUT2D eigenvalue weighted by Crippen LogP contribution is -2.24. The van der Waals surface area contributed by atoms with Gasteiger partial charge in [0.25, 0.3) is 5.91 Å². The van der Waals surface area contributed by atoms with Crippen molar-refractivity contribution in [3.05, 3.63) is 52.7 Å². The molecule has 2 heterocycles. The Labute approximate surface area is 135 Å². The van der Waals surface area contributed by atoms with Crippen LogP contribution in [0.15, 0.2) is 36.5 Å². The molecule has 1 fully saturated rings. The van der Waals surface area contributed by atoms with Crippen LogP contribution >= 0.6 is 11.6 Å². The lowest BCUT2D eigenvalue weighted by molar-refractivity contribution is 0.102. The smallest absolute Gasteiger partial charge is 0.259 e. The molecule has 3 rings (SSSR count). The number of halogens is 1. The minimum absolute atomic E-state index is 0.152. The van der Waals surface area contributed by atoms with Crippen LogP contribution in [0.5, 0.6) is 0 Å². The maximum absolute atomic E-state index is 12.6. The van der Waals surface area contributed by atoms with Gasteiger partial charge in [-0.05, 0) is 49.6 Å². The first-order chi connectivity index (χ1) is 10.7. The first-order valence-corrected chi connectivity index (χ1v) is 7.81. The first kappa shape index (κ1) is 14.9. The van der Waals surface area contributed by atoms with Gasteiger partial charge in [-0.1, -0.05) is 17.7 Å². The van der Waals surface area contributed by atoms with E-state index in [0.717, 1.165) is 43.0 Å². The molecule has 0 radical (unpaired) electrons. The summed E-state index contributed by atoms with van der Waals surface area (Å²) in [6, 6.07) is 9.10. The highest BCUT2D eigenvalue weighted by Gasteiger charge is 2.21. The minimum atomic E-state index is -0.152. The van der Waals surface area contributed by atoms with Crippen LogP contribution in [0, 0.1) is 6.92 Å². The fraction of sp³-hybridized carbons (Fsp3) is 0.294. The zero-order valence-electron chi connectivity index (χ0n) is 12.5. The van der Waals surface area contributed by atoms with Crippen molar-refractivity contribution >= 4 is 29.0 Å². The van der Waals surface area contributed by atoms with Crippen molar-refractivity contribution in [3.8, 4) is 0 Å². The Hall–Kier alpha value is -2.07. The van der Waals surface area contributed by atoms with Crippen molar-refractivity contribution in [2.45, 2.75) is 19.8 Å². The van der Waals surface area contributed by atoms with E-state index in [-0.39, 0.29) is 5.91 Å². The number of amides is 1. The van der Waals surface area contributed by atoms with Crippen molar-refractivity contribution in [1.29, 1.82) is 0 Å².